The van der Waals surface area contributed by atoms with Gasteiger partial charge in [-0.05, 0) is 23.5 Å². The van der Waals surface area contributed by atoms with Crippen LogP contribution < -0.4 is 0 Å². The van der Waals surface area contributed by atoms with E-state index in [1.807, 2.05) is 53.0 Å². The molecule has 2 aromatic carbocycles. The number of carbonyl (C=O) groups is 1. The molecule has 0 saturated carbocycles. The lowest BCUT2D eigenvalue weighted by Gasteiger charge is -2.21. The average molecular weight is 409 g/mol. The van der Waals surface area contributed by atoms with E-state index in [0.717, 1.165) is 40.1 Å². The maximum atomic E-state index is 12.9. The van der Waals surface area contributed by atoms with Gasteiger partial charge in [-0.15, -0.1) is 0 Å². The van der Waals surface area contributed by atoms with Crippen LogP contribution in [0.15, 0.2) is 72.9 Å². The number of aromatic nitrogens is 3. The standard InChI is InChI=1S/C26H23N3O2/c1-31-17-22-25(20-10-6-3-7-11-20)26-27-16-21-23(29(26)28-22)14-19(15-24(21)30)13-12-18-8-4-2-5-9-18/h2-13,16,19H,14-15,17H2,1H3/b13-12+/t19-/m0/s1. The van der Waals surface area contributed by atoms with Crippen molar-refractivity contribution >= 4 is 17.5 Å². The van der Waals surface area contributed by atoms with Crippen molar-refractivity contribution in [1.29, 1.82) is 0 Å². The maximum absolute atomic E-state index is 12.9. The highest BCUT2D eigenvalue weighted by molar-refractivity contribution is 5.98. The van der Waals surface area contributed by atoms with E-state index in [0.29, 0.717) is 18.6 Å². The molecule has 0 aliphatic heterocycles. The Bertz CT molecular complexity index is 1260. The van der Waals surface area contributed by atoms with Crippen molar-refractivity contribution in [3.05, 3.63) is 95.5 Å². The minimum atomic E-state index is 0.114. The SMILES string of the molecule is COCc1nn2c3c(cnc2c1-c1ccccc1)C(=O)C[C@@H](/C=C/c1ccccc1)C3. The fourth-order valence-electron chi connectivity index (χ4n) is 4.26. The van der Waals surface area contributed by atoms with Crippen LogP contribution in [-0.2, 0) is 17.8 Å². The molecule has 2 aromatic heterocycles. The summed E-state index contributed by atoms with van der Waals surface area (Å²) >= 11 is 0. The van der Waals surface area contributed by atoms with Crippen molar-refractivity contribution in [2.45, 2.75) is 19.4 Å². The molecule has 0 saturated heterocycles. The third kappa shape index (κ3) is 3.68. The van der Waals surface area contributed by atoms with Crippen LogP contribution in [0.3, 0.4) is 0 Å². The van der Waals surface area contributed by atoms with Gasteiger partial charge in [0.1, 0.15) is 0 Å². The van der Waals surface area contributed by atoms with Crippen molar-refractivity contribution in [1.82, 2.24) is 14.6 Å². The Morgan fingerprint density at radius 1 is 1.06 bits per heavy atom. The van der Waals surface area contributed by atoms with E-state index in [2.05, 4.69) is 29.3 Å². The van der Waals surface area contributed by atoms with Crippen LogP contribution >= 0.6 is 0 Å². The molecule has 2 heterocycles. The number of fused-ring (bicyclic) bond motifs is 3. The van der Waals surface area contributed by atoms with Gasteiger partial charge in [-0.3, -0.25) is 4.79 Å². The summed E-state index contributed by atoms with van der Waals surface area (Å²) in [5.74, 6) is 0.240. The fraction of sp³-hybridized carbons (Fsp3) is 0.192. The summed E-state index contributed by atoms with van der Waals surface area (Å²) in [6.45, 7) is 0.383. The van der Waals surface area contributed by atoms with Crippen LogP contribution in [0.25, 0.3) is 22.9 Å². The zero-order valence-corrected chi connectivity index (χ0v) is 17.4. The zero-order chi connectivity index (χ0) is 21.2. The van der Waals surface area contributed by atoms with Gasteiger partial charge in [0.05, 0.1) is 29.1 Å². The highest BCUT2D eigenvalue weighted by atomic mass is 16.5. The molecule has 5 rings (SSSR count). The summed E-state index contributed by atoms with van der Waals surface area (Å²) in [6, 6.07) is 20.3. The van der Waals surface area contributed by atoms with Crippen LogP contribution in [0.4, 0.5) is 0 Å². The van der Waals surface area contributed by atoms with Gasteiger partial charge in [0.25, 0.3) is 0 Å². The van der Waals surface area contributed by atoms with E-state index in [-0.39, 0.29) is 11.7 Å². The molecule has 0 N–H and O–H groups in total. The number of hydrogen-bond acceptors (Lipinski definition) is 4. The average Bonchev–Trinajstić information content (AvgIpc) is 3.18. The highest BCUT2D eigenvalue weighted by Crippen LogP contribution is 2.32. The van der Waals surface area contributed by atoms with Gasteiger partial charge in [0.15, 0.2) is 11.4 Å². The summed E-state index contributed by atoms with van der Waals surface area (Å²) in [4.78, 5) is 17.5. The van der Waals surface area contributed by atoms with Gasteiger partial charge in [0, 0.05) is 19.7 Å². The number of Topliss-reactive ketones (excluding diaryl/α,β-unsaturated/α-hetero) is 1. The fourth-order valence-corrected chi connectivity index (χ4v) is 4.26. The Morgan fingerprint density at radius 2 is 1.81 bits per heavy atom. The van der Waals surface area contributed by atoms with E-state index in [9.17, 15) is 4.79 Å². The maximum Gasteiger partial charge on any atom is 0.166 e. The molecule has 0 unspecified atom stereocenters. The van der Waals surface area contributed by atoms with Gasteiger partial charge >= 0.3 is 0 Å². The number of benzene rings is 2. The monoisotopic (exact) mass is 409 g/mol. The van der Waals surface area contributed by atoms with Crippen molar-refractivity contribution in [3.63, 3.8) is 0 Å². The predicted octanol–water partition coefficient (Wildman–Crippen LogP) is 5.00. The van der Waals surface area contributed by atoms with E-state index in [1.165, 1.54) is 0 Å². The Labute approximate surface area is 181 Å². The molecule has 5 heteroatoms. The first kappa shape index (κ1) is 19.4. The number of rotatable bonds is 5. The number of ether oxygens (including phenoxy) is 1. The van der Waals surface area contributed by atoms with Gasteiger partial charge in [-0.2, -0.15) is 5.10 Å². The molecule has 0 radical (unpaired) electrons. The Kier molecular flexibility index (Phi) is 5.18. The van der Waals surface area contributed by atoms with Crippen molar-refractivity contribution in [2.24, 2.45) is 5.92 Å². The third-order valence-electron chi connectivity index (χ3n) is 5.72. The topological polar surface area (TPSA) is 56.5 Å². The van der Waals surface area contributed by atoms with Crippen LogP contribution in [0.2, 0.25) is 0 Å². The van der Waals surface area contributed by atoms with E-state index in [1.54, 1.807) is 13.3 Å². The van der Waals surface area contributed by atoms with Gasteiger partial charge in [0.2, 0.25) is 0 Å². The van der Waals surface area contributed by atoms with Gasteiger partial charge in [-0.25, -0.2) is 9.50 Å². The molecule has 4 aromatic rings. The smallest absolute Gasteiger partial charge is 0.166 e. The van der Waals surface area contributed by atoms with Crippen molar-refractivity contribution in [2.75, 3.05) is 7.11 Å². The van der Waals surface area contributed by atoms with Crippen LogP contribution in [0.5, 0.6) is 0 Å². The first-order valence-corrected chi connectivity index (χ1v) is 10.4. The third-order valence-corrected chi connectivity index (χ3v) is 5.72. The quantitative estimate of drug-likeness (QED) is 0.465. The number of carbonyl (C=O) groups excluding carboxylic acids is 1. The lowest BCUT2D eigenvalue weighted by Crippen LogP contribution is -2.22. The Morgan fingerprint density at radius 3 is 2.55 bits per heavy atom. The van der Waals surface area contributed by atoms with Crippen LogP contribution in [0.1, 0.15) is 33.7 Å². The Balaban J connectivity index is 1.59. The molecule has 0 bridgehead atoms. The minimum Gasteiger partial charge on any atom is -0.378 e. The zero-order valence-electron chi connectivity index (χ0n) is 17.4. The summed E-state index contributed by atoms with van der Waals surface area (Å²) in [5, 5.41) is 4.83. The molecular weight excluding hydrogens is 386 g/mol. The molecule has 1 aliphatic rings. The minimum absolute atomic E-state index is 0.114. The molecule has 154 valence electrons. The normalized spacial score (nSPS) is 16.2. The lowest BCUT2D eigenvalue weighted by molar-refractivity contribution is 0.0957. The molecular formula is C26H23N3O2. The number of ketones is 1. The second-order valence-electron chi connectivity index (χ2n) is 7.84. The molecule has 5 nitrogen and oxygen atoms in total. The number of hydrogen-bond donors (Lipinski definition) is 0. The lowest BCUT2D eigenvalue weighted by atomic mass is 9.86. The molecule has 31 heavy (non-hydrogen) atoms. The first-order valence-electron chi connectivity index (χ1n) is 10.4. The number of nitrogens with zero attached hydrogens (tertiary/aromatic N) is 3. The van der Waals surface area contributed by atoms with Crippen molar-refractivity contribution in [3.8, 4) is 11.1 Å². The van der Waals surface area contributed by atoms with Crippen LogP contribution in [0, 0.1) is 5.92 Å². The number of methoxy groups -OCH3 is 1. The van der Waals surface area contributed by atoms with Gasteiger partial charge < -0.3 is 4.74 Å². The molecule has 0 fully saturated rings. The second-order valence-corrected chi connectivity index (χ2v) is 7.84. The Hall–Kier alpha value is -3.57. The largest absolute Gasteiger partial charge is 0.378 e. The highest BCUT2D eigenvalue weighted by Gasteiger charge is 2.28. The first-order chi connectivity index (χ1) is 15.2. The summed E-state index contributed by atoms with van der Waals surface area (Å²) in [5.41, 5.74) is 6.31. The number of allylic oxidation sites excluding steroid dienone is 1. The summed E-state index contributed by atoms with van der Waals surface area (Å²) < 4.78 is 7.27. The van der Waals surface area contributed by atoms with Crippen molar-refractivity contribution < 1.29 is 9.53 Å². The second kappa shape index (κ2) is 8.28. The van der Waals surface area contributed by atoms with Gasteiger partial charge in [-0.1, -0.05) is 72.8 Å². The molecule has 0 amide bonds. The van der Waals surface area contributed by atoms with E-state index < -0.39 is 0 Å². The molecule has 1 aliphatic carbocycles. The van der Waals surface area contributed by atoms with Crippen LogP contribution in [-0.4, -0.2) is 27.5 Å². The van der Waals surface area contributed by atoms with E-state index >= 15 is 0 Å². The molecule has 1 atom stereocenters. The predicted molar refractivity (Wildman–Crippen MR) is 121 cm³/mol. The summed E-state index contributed by atoms with van der Waals surface area (Å²) in [7, 11) is 1.66. The molecule has 0 spiro atoms. The van der Waals surface area contributed by atoms with E-state index in [4.69, 9.17) is 9.84 Å². The summed E-state index contributed by atoms with van der Waals surface area (Å²) in [6.07, 6.45) is 7.18.